The maximum absolute atomic E-state index is 13.5. The number of amides is 1. The summed E-state index contributed by atoms with van der Waals surface area (Å²) in [4.78, 5) is 15.6. The van der Waals surface area contributed by atoms with Crippen LogP contribution >= 0.6 is 24.0 Å². The zero-order valence-electron chi connectivity index (χ0n) is 15.5. The predicted octanol–water partition coefficient (Wildman–Crippen LogP) is 3.66. The molecular weight excluding hydrogens is 371 g/mol. The standard InChI is InChI=1S/C20H29ClN2O2.ClH/c1-2-22-15-16-7-11-23(12-8-16)19(24)20(9-13-25-14-10-20)17-5-3-4-6-18(17)21;/h3-6,16,22H,2,7-15H2,1H3;1H. The molecule has 2 heterocycles. The van der Waals surface area contributed by atoms with Crippen LogP contribution in [0.1, 0.15) is 38.2 Å². The SMILES string of the molecule is CCNCC1CCN(C(=O)C2(c3ccccc3Cl)CCOCC2)CC1.Cl. The molecule has 0 aliphatic carbocycles. The number of hydrogen-bond acceptors (Lipinski definition) is 3. The van der Waals surface area contributed by atoms with Crippen molar-refractivity contribution in [2.75, 3.05) is 39.4 Å². The highest BCUT2D eigenvalue weighted by atomic mass is 35.5. The van der Waals surface area contributed by atoms with Crippen LogP contribution in [0.5, 0.6) is 0 Å². The number of nitrogens with zero attached hydrogens (tertiary/aromatic N) is 1. The number of benzene rings is 1. The molecule has 146 valence electrons. The fraction of sp³-hybridized carbons (Fsp3) is 0.650. The fourth-order valence-electron chi connectivity index (χ4n) is 4.16. The lowest BCUT2D eigenvalue weighted by Crippen LogP contribution is -2.52. The van der Waals surface area contributed by atoms with Crippen LogP contribution in [0.2, 0.25) is 5.02 Å². The van der Waals surface area contributed by atoms with Gasteiger partial charge in [-0.05, 0) is 56.3 Å². The van der Waals surface area contributed by atoms with Gasteiger partial charge in [-0.1, -0.05) is 36.7 Å². The minimum Gasteiger partial charge on any atom is -0.381 e. The van der Waals surface area contributed by atoms with E-state index in [2.05, 4.69) is 17.1 Å². The first-order valence-corrected chi connectivity index (χ1v) is 9.88. The number of rotatable bonds is 5. The zero-order chi connectivity index (χ0) is 17.7. The van der Waals surface area contributed by atoms with Crippen molar-refractivity contribution in [3.8, 4) is 0 Å². The Morgan fingerprint density at radius 2 is 1.92 bits per heavy atom. The molecule has 2 fully saturated rings. The molecule has 4 nitrogen and oxygen atoms in total. The van der Waals surface area contributed by atoms with Crippen LogP contribution in [0.4, 0.5) is 0 Å². The highest BCUT2D eigenvalue weighted by Crippen LogP contribution is 2.40. The average molecular weight is 401 g/mol. The lowest BCUT2D eigenvalue weighted by atomic mass is 9.72. The molecule has 2 aliphatic rings. The third kappa shape index (κ3) is 4.53. The van der Waals surface area contributed by atoms with E-state index in [0.29, 0.717) is 37.0 Å². The van der Waals surface area contributed by atoms with Gasteiger partial charge in [0.15, 0.2) is 0 Å². The average Bonchev–Trinajstić information content (AvgIpc) is 2.67. The quantitative estimate of drug-likeness (QED) is 0.819. The molecule has 0 aromatic heterocycles. The Labute approximate surface area is 168 Å². The maximum Gasteiger partial charge on any atom is 0.233 e. The molecule has 1 aromatic rings. The first kappa shape index (κ1) is 21.5. The second-order valence-electron chi connectivity index (χ2n) is 7.22. The molecule has 0 atom stereocenters. The molecule has 0 radical (unpaired) electrons. The number of likely N-dealkylation sites (tertiary alicyclic amines) is 1. The second-order valence-corrected chi connectivity index (χ2v) is 7.62. The molecule has 6 heteroatoms. The van der Waals surface area contributed by atoms with Gasteiger partial charge in [0.1, 0.15) is 0 Å². The summed E-state index contributed by atoms with van der Waals surface area (Å²) in [6.07, 6.45) is 3.58. The van der Waals surface area contributed by atoms with Crippen molar-refractivity contribution in [1.82, 2.24) is 10.2 Å². The van der Waals surface area contributed by atoms with Gasteiger partial charge in [0.25, 0.3) is 0 Å². The van der Waals surface area contributed by atoms with E-state index in [1.54, 1.807) is 0 Å². The number of hydrogen-bond donors (Lipinski definition) is 1. The Hall–Kier alpha value is -0.810. The van der Waals surface area contributed by atoms with E-state index < -0.39 is 5.41 Å². The van der Waals surface area contributed by atoms with Crippen LogP contribution in [0.15, 0.2) is 24.3 Å². The van der Waals surface area contributed by atoms with Gasteiger partial charge in [-0.15, -0.1) is 12.4 Å². The summed E-state index contributed by atoms with van der Waals surface area (Å²) >= 11 is 6.49. The molecule has 0 saturated carbocycles. The van der Waals surface area contributed by atoms with E-state index >= 15 is 0 Å². The summed E-state index contributed by atoms with van der Waals surface area (Å²) in [5.74, 6) is 0.917. The lowest BCUT2D eigenvalue weighted by molar-refractivity contribution is -0.142. The van der Waals surface area contributed by atoms with Gasteiger partial charge in [-0.3, -0.25) is 4.79 Å². The number of ether oxygens (including phenoxy) is 1. The van der Waals surface area contributed by atoms with E-state index in [9.17, 15) is 4.79 Å². The van der Waals surface area contributed by atoms with Gasteiger partial charge in [0, 0.05) is 31.3 Å². The monoisotopic (exact) mass is 400 g/mol. The zero-order valence-corrected chi connectivity index (χ0v) is 17.1. The van der Waals surface area contributed by atoms with E-state index in [-0.39, 0.29) is 18.3 Å². The van der Waals surface area contributed by atoms with Crippen molar-refractivity contribution in [2.24, 2.45) is 5.92 Å². The van der Waals surface area contributed by atoms with Crippen LogP contribution in [0, 0.1) is 5.92 Å². The number of piperidine rings is 1. The van der Waals surface area contributed by atoms with Crippen molar-refractivity contribution in [2.45, 2.75) is 38.0 Å². The molecule has 1 N–H and O–H groups in total. The molecule has 0 unspecified atom stereocenters. The first-order chi connectivity index (χ1) is 12.2. The van der Waals surface area contributed by atoms with Crippen molar-refractivity contribution >= 4 is 29.9 Å². The maximum atomic E-state index is 13.5. The molecule has 0 bridgehead atoms. The van der Waals surface area contributed by atoms with Gasteiger partial charge in [-0.2, -0.15) is 0 Å². The number of nitrogens with one attached hydrogen (secondary N) is 1. The van der Waals surface area contributed by atoms with Gasteiger partial charge in [0.05, 0.1) is 5.41 Å². The number of carbonyl (C=O) groups excluding carboxylic acids is 1. The fourth-order valence-corrected chi connectivity index (χ4v) is 4.48. The van der Waals surface area contributed by atoms with Gasteiger partial charge in [-0.25, -0.2) is 0 Å². The van der Waals surface area contributed by atoms with E-state index in [1.807, 2.05) is 24.3 Å². The summed E-state index contributed by atoms with van der Waals surface area (Å²) in [5.41, 5.74) is 0.449. The molecular formula is C20H30Cl2N2O2. The van der Waals surface area contributed by atoms with Crippen molar-refractivity contribution in [1.29, 1.82) is 0 Å². The van der Waals surface area contributed by atoms with Crippen LogP contribution in [-0.4, -0.2) is 50.2 Å². The van der Waals surface area contributed by atoms with Crippen LogP contribution in [-0.2, 0) is 14.9 Å². The normalized spacial score (nSPS) is 20.5. The smallest absolute Gasteiger partial charge is 0.233 e. The Bertz CT molecular complexity index is 583. The third-order valence-corrected chi connectivity index (χ3v) is 6.06. The van der Waals surface area contributed by atoms with Crippen LogP contribution < -0.4 is 5.32 Å². The number of carbonyl (C=O) groups is 1. The number of halogens is 2. The Morgan fingerprint density at radius 1 is 1.27 bits per heavy atom. The topological polar surface area (TPSA) is 41.6 Å². The lowest BCUT2D eigenvalue weighted by Gasteiger charge is -2.42. The Kier molecular flexibility index (Phi) is 8.21. The van der Waals surface area contributed by atoms with E-state index in [4.69, 9.17) is 16.3 Å². The minimum absolute atomic E-state index is 0. The van der Waals surface area contributed by atoms with Crippen molar-refractivity contribution in [3.05, 3.63) is 34.9 Å². The van der Waals surface area contributed by atoms with Gasteiger partial charge < -0.3 is 15.0 Å². The van der Waals surface area contributed by atoms with Crippen molar-refractivity contribution < 1.29 is 9.53 Å². The molecule has 0 spiro atoms. The summed E-state index contributed by atoms with van der Waals surface area (Å²) in [5, 5.41) is 4.12. The molecule has 1 aromatic carbocycles. The summed E-state index contributed by atoms with van der Waals surface area (Å²) in [6.45, 7) is 7.14. The molecule has 2 saturated heterocycles. The molecule has 26 heavy (non-hydrogen) atoms. The summed E-state index contributed by atoms with van der Waals surface area (Å²) in [7, 11) is 0. The third-order valence-electron chi connectivity index (χ3n) is 5.73. The minimum atomic E-state index is -0.523. The first-order valence-electron chi connectivity index (χ1n) is 9.50. The Morgan fingerprint density at radius 3 is 2.54 bits per heavy atom. The summed E-state index contributed by atoms with van der Waals surface area (Å²) < 4.78 is 5.56. The van der Waals surface area contributed by atoms with Crippen LogP contribution in [0.3, 0.4) is 0 Å². The van der Waals surface area contributed by atoms with E-state index in [1.165, 1.54) is 0 Å². The van der Waals surface area contributed by atoms with E-state index in [0.717, 1.165) is 44.6 Å². The van der Waals surface area contributed by atoms with Gasteiger partial charge >= 0.3 is 0 Å². The summed E-state index contributed by atoms with van der Waals surface area (Å²) in [6, 6.07) is 7.82. The van der Waals surface area contributed by atoms with Crippen LogP contribution in [0.25, 0.3) is 0 Å². The Balaban J connectivity index is 0.00000243. The van der Waals surface area contributed by atoms with Gasteiger partial charge in [0.2, 0.25) is 5.91 Å². The molecule has 2 aliphatic heterocycles. The predicted molar refractivity (Wildman–Crippen MR) is 108 cm³/mol. The highest BCUT2D eigenvalue weighted by Gasteiger charge is 2.45. The molecule has 1 amide bonds. The second kappa shape index (κ2) is 9.93. The molecule has 3 rings (SSSR count). The van der Waals surface area contributed by atoms with Crippen molar-refractivity contribution in [3.63, 3.8) is 0 Å². The highest BCUT2D eigenvalue weighted by molar-refractivity contribution is 6.31. The largest absolute Gasteiger partial charge is 0.381 e.